The highest BCUT2D eigenvalue weighted by Crippen LogP contribution is 2.48. The molecule has 4 aliphatic heterocycles. The minimum Gasteiger partial charge on any atom is -0.497 e. The van der Waals surface area contributed by atoms with Gasteiger partial charge in [0, 0.05) is 18.5 Å². The number of fused-ring (bicyclic) bond motifs is 2. The van der Waals surface area contributed by atoms with Crippen LogP contribution in [0.25, 0.3) is 0 Å². The van der Waals surface area contributed by atoms with Gasteiger partial charge in [-0.3, -0.25) is 4.90 Å². The zero-order valence-electron chi connectivity index (χ0n) is 13.8. The van der Waals surface area contributed by atoms with Gasteiger partial charge in [0.15, 0.2) is 0 Å². The Balaban J connectivity index is 1.53. The minimum absolute atomic E-state index is 0.535. The summed E-state index contributed by atoms with van der Waals surface area (Å²) in [6.07, 6.45) is 2.65. The van der Waals surface area contributed by atoms with Gasteiger partial charge in [-0.2, -0.15) is 0 Å². The lowest BCUT2D eigenvalue weighted by atomic mass is 9.75. The van der Waals surface area contributed by atoms with E-state index in [0.717, 1.165) is 23.3 Å². The van der Waals surface area contributed by atoms with Crippen LogP contribution in [0.5, 0.6) is 5.75 Å². The van der Waals surface area contributed by atoms with Crippen LogP contribution in [0.2, 0.25) is 0 Å². The van der Waals surface area contributed by atoms with Gasteiger partial charge in [0.1, 0.15) is 11.3 Å². The first-order valence-electron chi connectivity index (χ1n) is 8.76. The van der Waals surface area contributed by atoms with E-state index in [4.69, 9.17) is 4.74 Å². The predicted octanol–water partition coefficient (Wildman–Crippen LogP) is 2.61. The average Bonchev–Trinajstić information content (AvgIpc) is 3.31. The average molecular weight is 342 g/mol. The van der Waals surface area contributed by atoms with E-state index in [1.54, 1.807) is 18.4 Å². The second-order valence-electron chi connectivity index (χ2n) is 7.11. The Morgan fingerprint density at radius 1 is 1.12 bits per heavy atom. The number of piperidine rings is 3. The molecule has 5 nitrogen and oxygen atoms in total. The summed E-state index contributed by atoms with van der Waals surface area (Å²) in [5.41, 5.74) is 3.28. The monoisotopic (exact) mass is 342 g/mol. The van der Waals surface area contributed by atoms with E-state index >= 15 is 0 Å². The molecule has 0 unspecified atom stereocenters. The second-order valence-corrected chi connectivity index (χ2v) is 7.92. The van der Waals surface area contributed by atoms with Crippen LogP contribution in [0.1, 0.15) is 24.3 Å². The Hall–Kier alpha value is -1.66. The molecule has 3 atom stereocenters. The maximum Gasteiger partial charge on any atom is 0.208 e. The molecule has 0 amide bonds. The fourth-order valence-corrected chi connectivity index (χ4v) is 5.69. The highest BCUT2D eigenvalue weighted by molar-refractivity contribution is 7.13. The van der Waals surface area contributed by atoms with Gasteiger partial charge < -0.3 is 9.64 Å². The molecule has 0 spiro atoms. The molecule has 1 aromatic carbocycles. The zero-order chi connectivity index (χ0) is 16.1. The Morgan fingerprint density at radius 2 is 1.92 bits per heavy atom. The zero-order valence-corrected chi connectivity index (χ0v) is 14.7. The number of hydrogen-bond donors (Lipinski definition) is 0. The number of methoxy groups -OCH3 is 1. The molecule has 24 heavy (non-hydrogen) atoms. The van der Waals surface area contributed by atoms with E-state index in [0.29, 0.717) is 18.0 Å². The Labute approximate surface area is 146 Å². The highest BCUT2D eigenvalue weighted by atomic mass is 32.1. The van der Waals surface area contributed by atoms with Crippen molar-refractivity contribution in [3.05, 3.63) is 35.3 Å². The minimum atomic E-state index is 0.535. The molecular formula is C18H22N4OS. The van der Waals surface area contributed by atoms with E-state index in [2.05, 4.69) is 44.3 Å². The Morgan fingerprint density at radius 3 is 2.58 bits per heavy atom. The van der Waals surface area contributed by atoms with Crippen LogP contribution in [0.3, 0.4) is 0 Å². The predicted molar refractivity (Wildman–Crippen MR) is 94.9 cm³/mol. The van der Waals surface area contributed by atoms with Crippen molar-refractivity contribution >= 4 is 16.5 Å². The van der Waals surface area contributed by atoms with Crippen LogP contribution in [-0.2, 0) is 0 Å². The van der Waals surface area contributed by atoms with Gasteiger partial charge in [-0.1, -0.05) is 23.5 Å². The van der Waals surface area contributed by atoms with Gasteiger partial charge >= 0.3 is 0 Å². The molecule has 0 N–H and O–H groups in total. The maximum atomic E-state index is 5.33. The molecule has 4 fully saturated rings. The molecule has 2 aromatic rings. The third kappa shape index (κ3) is 2.16. The van der Waals surface area contributed by atoms with Gasteiger partial charge in [0.05, 0.1) is 13.2 Å². The molecule has 6 rings (SSSR count). The number of aromatic nitrogens is 2. The van der Waals surface area contributed by atoms with Gasteiger partial charge in [0.25, 0.3) is 0 Å². The first-order valence-corrected chi connectivity index (χ1v) is 9.64. The topological polar surface area (TPSA) is 41.5 Å². The fraction of sp³-hybridized carbons (Fsp3) is 0.556. The molecule has 0 saturated carbocycles. The first kappa shape index (κ1) is 14.7. The van der Waals surface area contributed by atoms with Crippen molar-refractivity contribution in [2.45, 2.75) is 30.8 Å². The highest BCUT2D eigenvalue weighted by Gasteiger charge is 2.53. The summed E-state index contributed by atoms with van der Waals surface area (Å²) in [4.78, 5) is 5.27. The standard InChI is InChI=1S/C18H22N4OS/c1-23-14-4-2-12(3-5-14)15-10-22(18-20-19-11-24-18)16-13-6-8-21(9-7-13)17(15)16/h2-5,11,13,15-17H,6-10H2,1H3/t15-,16+,17+/m0/s1. The van der Waals surface area contributed by atoms with E-state index in [1.165, 1.54) is 31.5 Å². The van der Waals surface area contributed by atoms with Crippen LogP contribution >= 0.6 is 11.3 Å². The number of ether oxygens (including phenoxy) is 1. The van der Waals surface area contributed by atoms with Crippen molar-refractivity contribution in [1.82, 2.24) is 15.1 Å². The molecule has 6 heteroatoms. The van der Waals surface area contributed by atoms with Crippen LogP contribution < -0.4 is 9.64 Å². The Kier molecular flexibility index (Phi) is 3.49. The third-order valence-corrected chi connectivity index (χ3v) is 6.86. The van der Waals surface area contributed by atoms with Crippen molar-refractivity contribution in [3.8, 4) is 5.75 Å². The lowest BCUT2D eigenvalue weighted by Gasteiger charge is -2.51. The quantitative estimate of drug-likeness (QED) is 0.858. The SMILES string of the molecule is COc1ccc([C@@H]2CN(c3nncs3)[C@@H]3C4CCN(CC4)[C@@H]32)cc1. The summed E-state index contributed by atoms with van der Waals surface area (Å²) >= 11 is 1.67. The summed E-state index contributed by atoms with van der Waals surface area (Å²) in [6.45, 7) is 3.55. The molecule has 0 radical (unpaired) electrons. The van der Waals surface area contributed by atoms with Crippen molar-refractivity contribution < 1.29 is 4.74 Å². The third-order valence-electron chi connectivity index (χ3n) is 6.13. The smallest absolute Gasteiger partial charge is 0.208 e. The molecular weight excluding hydrogens is 320 g/mol. The van der Waals surface area contributed by atoms with Crippen LogP contribution in [0.15, 0.2) is 29.8 Å². The van der Waals surface area contributed by atoms with E-state index < -0.39 is 0 Å². The van der Waals surface area contributed by atoms with Crippen molar-refractivity contribution in [3.63, 3.8) is 0 Å². The summed E-state index contributed by atoms with van der Waals surface area (Å²) in [5.74, 6) is 2.26. The number of nitrogens with zero attached hydrogens (tertiary/aromatic N) is 4. The van der Waals surface area contributed by atoms with Gasteiger partial charge in [0.2, 0.25) is 5.13 Å². The van der Waals surface area contributed by atoms with Crippen molar-refractivity contribution in [2.24, 2.45) is 5.92 Å². The normalized spacial score (nSPS) is 34.4. The van der Waals surface area contributed by atoms with Gasteiger partial charge in [-0.05, 0) is 49.5 Å². The first-order chi connectivity index (χ1) is 11.8. The van der Waals surface area contributed by atoms with E-state index in [-0.39, 0.29) is 0 Å². The Bertz CT molecular complexity index is 696. The number of anilines is 1. The molecule has 4 aliphatic rings. The number of benzene rings is 1. The summed E-state index contributed by atoms with van der Waals surface area (Å²) in [7, 11) is 1.73. The van der Waals surface area contributed by atoms with Crippen molar-refractivity contribution in [1.29, 1.82) is 0 Å². The largest absolute Gasteiger partial charge is 0.497 e. The molecule has 5 heterocycles. The maximum absolute atomic E-state index is 5.33. The molecule has 1 aromatic heterocycles. The van der Waals surface area contributed by atoms with E-state index in [9.17, 15) is 0 Å². The van der Waals surface area contributed by atoms with Crippen LogP contribution in [-0.4, -0.2) is 53.9 Å². The number of rotatable bonds is 3. The molecule has 126 valence electrons. The van der Waals surface area contributed by atoms with Crippen molar-refractivity contribution in [2.75, 3.05) is 31.6 Å². The summed E-state index contributed by atoms with van der Waals surface area (Å²) in [5, 5.41) is 9.56. The number of hydrogen-bond acceptors (Lipinski definition) is 6. The molecule has 2 bridgehead atoms. The van der Waals surface area contributed by atoms with Crippen LogP contribution in [0.4, 0.5) is 5.13 Å². The summed E-state index contributed by atoms with van der Waals surface area (Å²) < 4.78 is 5.33. The second kappa shape index (κ2) is 5.70. The lowest BCUT2D eigenvalue weighted by Crippen LogP contribution is -2.60. The summed E-state index contributed by atoms with van der Waals surface area (Å²) in [6, 6.07) is 9.87. The van der Waals surface area contributed by atoms with Gasteiger partial charge in [-0.25, -0.2) is 0 Å². The van der Waals surface area contributed by atoms with Crippen LogP contribution in [0, 0.1) is 5.92 Å². The molecule has 0 aliphatic carbocycles. The van der Waals surface area contributed by atoms with Gasteiger partial charge in [-0.15, -0.1) is 10.2 Å². The lowest BCUT2D eigenvalue weighted by molar-refractivity contribution is 0.0355. The van der Waals surface area contributed by atoms with E-state index in [1.807, 2.05) is 5.51 Å². The fourth-order valence-electron chi connectivity index (χ4n) is 5.08. The molecule has 4 saturated heterocycles.